The van der Waals surface area contributed by atoms with Gasteiger partial charge in [-0.1, -0.05) is 23.2 Å². The fraction of sp³-hybridized carbons (Fsp3) is 0.182. The lowest BCUT2D eigenvalue weighted by Crippen LogP contribution is -2.16. The van der Waals surface area contributed by atoms with Gasteiger partial charge in [-0.05, 0) is 48.0 Å². The Kier molecular flexibility index (Phi) is 3.97. The van der Waals surface area contributed by atoms with Gasteiger partial charge in [-0.3, -0.25) is 0 Å². The van der Waals surface area contributed by atoms with E-state index in [0.29, 0.717) is 15.9 Å². The van der Waals surface area contributed by atoms with E-state index >= 15 is 0 Å². The van der Waals surface area contributed by atoms with E-state index in [0.717, 1.165) is 4.09 Å². The first-order valence-corrected chi connectivity index (χ1v) is 8.16. The van der Waals surface area contributed by atoms with E-state index in [2.05, 4.69) is 21.0 Å². The third-order valence-corrected chi connectivity index (χ3v) is 5.79. The third-order valence-electron chi connectivity index (χ3n) is 2.45. The maximum atomic E-state index is 12.5. The minimum atomic E-state index is -3.85. The topological polar surface area (TPSA) is 52.0 Å². The van der Waals surface area contributed by atoms with Crippen LogP contribution in [0.4, 0.5) is 0 Å². The highest BCUT2D eigenvalue weighted by Crippen LogP contribution is 2.33. The molecule has 0 aliphatic rings. The number of aryl methyl sites for hydroxylation is 2. The van der Waals surface area contributed by atoms with Crippen molar-refractivity contribution >= 4 is 49.2 Å². The minimum Gasteiger partial charge on any atom is -0.199 e. The van der Waals surface area contributed by atoms with Crippen LogP contribution < -0.4 is 0 Å². The molecule has 0 aliphatic carbocycles. The lowest BCUT2D eigenvalue weighted by molar-refractivity contribution is 0.578. The summed E-state index contributed by atoms with van der Waals surface area (Å²) in [5.41, 5.74) is 1.12. The summed E-state index contributed by atoms with van der Waals surface area (Å²) in [6, 6.07) is 4.42. The van der Waals surface area contributed by atoms with Gasteiger partial charge in [0.1, 0.15) is 4.90 Å². The van der Waals surface area contributed by atoms with Gasteiger partial charge in [0.05, 0.1) is 21.4 Å². The van der Waals surface area contributed by atoms with Crippen LogP contribution in [0.2, 0.25) is 10.0 Å². The average Bonchev–Trinajstić information content (AvgIpc) is 2.63. The Morgan fingerprint density at radius 1 is 1.16 bits per heavy atom. The van der Waals surface area contributed by atoms with Crippen LogP contribution in [0.25, 0.3) is 0 Å². The fourth-order valence-corrected chi connectivity index (χ4v) is 4.23. The van der Waals surface area contributed by atoms with Crippen LogP contribution >= 0.6 is 39.1 Å². The van der Waals surface area contributed by atoms with Crippen molar-refractivity contribution in [3.05, 3.63) is 44.1 Å². The number of hydrogen-bond donors (Lipinski definition) is 0. The first kappa shape index (κ1) is 14.8. The summed E-state index contributed by atoms with van der Waals surface area (Å²) < 4.78 is 26.5. The molecule has 0 saturated carbocycles. The van der Waals surface area contributed by atoms with E-state index in [1.807, 2.05) is 0 Å². The van der Waals surface area contributed by atoms with E-state index in [-0.39, 0.29) is 14.9 Å². The van der Waals surface area contributed by atoms with Crippen molar-refractivity contribution < 1.29 is 8.42 Å². The van der Waals surface area contributed by atoms with Gasteiger partial charge in [-0.2, -0.15) is 17.6 Å². The SMILES string of the molecule is Cc1cc(C)n(S(=O)(=O)c2cc(Cl)c(Br)cc2Cl)n1. The zero-order valence-electron chi connectivity index (χ0n) is 9.99. The summed E-state index contributed by atoms with van der Waals surface area (Å²) in [6.45, 7) is 3.38. The molecule has 1 aromatic heterocycles. The molecule has 0 fully saturated rings. The van der Waals surface area contributed by atoms with Gasteiger partial charge in [0.2, 0.25) is 0 Å². The van der Waals surface area contributed by atoms with Crippen molar-refractivity contribution in [1.29, 1.82) is 0 Å². The summed E-state index contributed by atoms with van der Waals surface area (Å²) in [6.07, 6.45) is 0. The van der Waals surface area contributed by atoms with Crippen molar-refractivity contribution in [2.24, 2.45) is 0 Å². The molecule has 8 heteroatoms. The quantitative estimate of drug-likeness (QED) is 0.741. The number of halogens is 3. The molecule has 0 N–H and O–H groups in total. The van der Waals surface area contributed by atoms with Crippen LogP contribution in [0.5, 0.6) is 0 Å². The van der Waals surface area contributed by atoms with Gasteiger partial charge in [0, 0.05) is 4.47 Å². The van der Waals surface area contributed by atoms with Crippen molar-refractivity contribution in [2.75, 3.05) is 0 Å². The second-order valence-electron chi connectivity index (χ2n) is 3.97. The molecule has 2 rings (SSSR count). The Bertz CT molecular complexity index is 756. The Balaban J connectivity index is 2.70. The highest BCUT2D eigenvalue weighted by atomic mass is 79.9. The van der Waals surface area contributed by atoms with Gasteiger partial charge in [-0.15, -0.1) is 0 Å². The molecule has 0 aliphatic heterocycles. The Hall–Kier alpha value is -0.560. The molecule has 0 atom stereocenters. The molecule has 1 heterocycles. The predicted octanol–water partition coefficient (Wildman–Crippen LogP) is 3.81. The molecule has 0 amide bonds. The molecule has 0 unspecified atom stereocenters. The normalized spacial score (nSPS) is 11.8. The van der Waals surface area contributed by atoms with Crippen molar-refractivity contribution in [3.63, 3.8) is 0 Å². The number of hydrogen-bond acceptors (Lipinski definition) is 3. The van der Waals surface area contributed by atoms with Crippen molar-refractivity contribution in [2.45, 2.75) is 18.7 Å². The minimum absolute atomic E-state index is 0.0754. The second-order valence-corrected chi connectivity index (χ2v) is 7.38. The molecule has 0 bridgehead atoms. The Labute approximate surface area is 129 Å². The molecule has 19 heavy (non-hydrogen) atoms. The van der Waals surface area contributed by atoms with Gasteiger partial charge in [0.25, 0.3) is 10.0 Å². The van der Waals surface area contributed by atoms with Crippen LogP contribution in [-0.4, -0.2) is 17.6 Å². The third kappa shape index (κ3) is 2.67. The van der Waals surface area contributed by atoms with Crippen molar-refractivity contribution in [1.82, 2.24) is 9.19 Å². The summed E-state index contributed by atoms with van der Waals surface area (Å²) in [5, 5.41) is 4.32. The average molecular weight is 384 g/mol. The van der Waals surface area contributed by atoms with E-state index in [1.165, 1.54) is 12.1 Å². The first-order valence-electron chi connectivity index (χ1n) is 5.17. The number of rotatable bonds is 2. The molecule has 102 valence electrons. The first-order chi connectivity index (χ1) is 8.73. The maximum absolute atomic E-state index is 12.5. The fourth-order valence-electron chi connectivity index (χ4n) is 1.65. The van der Waals surface area contributed by atoms with Crippen LogP contribution in [0.1, 0.15) is 11.4 Å². The summed E-state index contributed by atoms with van der Waals surface area (Å²) in [5.74, 6) is 0. The standard InChI is InChI=1S/C11H9BrCl2N2O2S/c1-6-3-7(2)16(15-6)19(17,18)11-5-9(13)8(12)4-10(11)14/h3-5H,1-2H3. The van der Waals surface area contributed by atoms with E-state index in [1.54, 1.807) is 19.9 Å². The second kappa shape index (κ2) is 5.09. The zero-order chi connectivity index (χ0) is 14.4. The summed E-state index contributed by atoms with van der Waals surface area (Å²) >= 11 is 15.1. The van der Waals surface area contributed by atoms with Gasteiger partial charge in [0.15, 0.2) is 0 Å². The Morgan fingerprint density at radius 3 is 2.32 bits per heavy atom. The summed E-state index contributed by atoms with van der Waals surface area (Å²) in [4.78, 5) is -0.0754. The monoisotopic (exact) mass is 382 g/mol. The highest BCUT2D eigenvalue weighted by Gasteiger charge is 2.24. The predicted molar refractivity (Wildman–Crippen MR) is 78.4 cm³/mol. The molecule has 0 saturated heterocycles. The van der Waals surface area contributed by atoms with Gasteiger partial charge >= 0.3 is 0 Å². The summed E-state index contributed by atoms with van der Waals surface area (Å²) in [7, 11) is -3.85. The molecule has 2 aromatic rings. The van der Waals surface area contributed by atoms with E-state index in [4.69, 9.17) is 23.2 Å². The molecule has 1 aromatic carbocycles. The maximum Gasteiger partial charge on any atom is 0.284 e. The highest BCUT2D eigenvalue weighted by molar-refractivity contribution is 9.10. The molecular formula is C11H9BrCl2N2O2S. The largest absolute Gasteiger partial charge is 0.284 e. The molecule has 4 nitrogen and oxygen atoms in total. The lowest BCUT2D eigenvalue weighted by Gasteiger charge is -2.09. The van der Waals surface area contributed by atoms with Gasteiger partial charge in [-0.25, -0.2) is 0 Å². The smallest absolute Gasteiger partial charge is 0.199 e. The number of aromatic nitrogens is 2. The van der Waals surface area contributed by atoms with Crippen LogP contribution in [-0.2, 0) is 10.0 Å². The lowest BCUT2D eigenvalue weighted by atomic mass is 10.4. The molecule has 0 radical (unpaired) electrons. The van der Waals surface area contributed by atoms with E-state index < -0.39 is 10.0 Å². The van der Waals surface area contributed by atoms with E-state index in [9.17, 15) is 8.42 Å². The van der Waals surface area contributed by atoms with Crippen molar-refractivity contribution in [3.8, 4) is 0 Å². The van der Waals surface area contributed by atoms with Crippen LogP contribution in [0.15, 0.2) is 27.6 Å². The Morgan fingerprint density at radius 2 is 1.79 bits per heavy atom. The van der Waals surface area contributed by atoms with Gasteiger partial charge < -0.3 is 0 Å². The molecule has 0 spiro atoms. The zero-order valence-corrected chi connectivity index (χ0v) is 13.9. The van der Waals surface area contributed by atoms with Crippen LogP contribution in [0, 0.1) is 13.8 Å². The number of benzene rings is 1. The van der Waals surface area contributed by atoms with Crippen LogP contribution in [0.3, 0.4) is 0 Å². The number of nitrogens with zero attached hydrogens (tertiary/aromatic N) is 2. The molecular weight excluding hydrogens is 375 g/mol.